The molecule has 2 saturated heterocycles. The Morgan fingerprint density at radius 2 is 1.76 bits per heavy atom. The van der Waals surface area contributed by atoms with Crippen LogP contribution < -0.4 is 0 Å². The number of aromatic amines is 1. The summed E-state index contributed by atoms with van der Waals surface area (Å²) >= 11 is 5.91. The average molecular weight is 413 g/mol. The van der Waals surface area contributed by atoms with Gasteiger partial charge in [0.05, 0.1) is 5.02 Å². The minimum absolute atomic E-state index is 0.243. The average Bonchev–Trinajstić information content (AvgIpc) is 3.09. The third-order valence-electron chi connectivity index (χ3n) is 7.56. The zero-order valence-corrected chi connectivity index (χ0v) is 17.1. The molecule has 7 nitrogen and oxygen atoms in total. The zero-order chi connectivity index (χ0) is 19.6. The topological polar surface area (TPSA) is 78.0 Å². The van der Waals surface area contributed by atoms with Crippen molar-refractivity contribution in [3.63, 3.8) is 0 Å². The number of nitrogens with zero attached hydrogens (tertiary/aromatic N) is 5. The molecule has 0 bridgehead atoms. The Balaban J connectivity index is 0.940. The molecule has 4 aliphatic rings. The van der Waals surface area contributed by atoms with Gasteiger partial charge in [0.2, 0.25) is 0 Å². The lowest BCUT2D eigenvalue weighted by molar-refractivity contribution is -0.100. The fraction of sp³-hybridized carbons (Fsp3) is 0.619. The Bertz CT molecular complexity index is 901. The van der Waals surface area contributed by atoms with E-state index in [2.05, 4.69) is 25.1 Å². The number of halogens is 1. The number of pyridine rings is 1. The molecular weight excluding hydrogens is 388 g/mol. The molecule has 2 amide bonds. The largest absolute Gasteiger partial charge is 0.323 e. The van der Waals surface area contributed by atoms with Crippen molar-refractivity contribution in [2.75, 3.05) is 26.2 Å². The maximum atomic E-state index is 12.8. The zero-order valence-electron chi connectivity index (χ0n) is 16.4. The van der Waals surface area contributed by atoms with Gasteiger partial charge in [0.25, 0.3) is 0 Å². The molecule has 4 fully saturated rings. The number of likely N-dealkylation sites (tertiary alicyclic amines) is 2. The van der Waals surface area contributed by atoms with Gasteiger partial charge in [0, 0.05) is 54.8 Å². The Kier molecular flexibility index (Phi) is 3.77. The van der Waals surface area contributed by atoms with E-state index in [1.807, 2.05) is 17.0 Å². The van der Waals surface area contributed by atoms with Crippen LogP contribution >= 0.6 is 11.6 Å². The minimum Gasteiger partial charge on any atom is -0.323 e. The van der Waals surface area contributed by atoms with E-state index < -0.39 is 0 Å². The van der Waals surface area contributed by atoms with E-state index in [1.165, 1.54) is 12.8 Å². The maximum absolute atomic E-state index is 12.8. The number of amides is 2. The molecule has 2 aromatic heterocycles. The van der Waals surface area contributed by atoms with E-state index in [9.17, 15) is 4.79 Å². The fourth-order valence-electron chi connectivity index (χ4n) is 6.24. The number of hydrogen-bond acceptors (Lipinski definition) is 4. The molecule has 2 aromatic rings. The summed E-state index contributed by atoms with van der Waals surface area (Å²) in [5, 5.41) is 7.61. The van der Waals surface area contributed by atoms with Gasteiger partial charge in [-0.15, -0.1) is 0 Å². The number of nitrogens with one attached hydrogen (secondary N) is 1. The van der Waals surface area contributed by atoms with Crippen molar-refractivity contribution in [1.29, 1.82) is 0 Å². The monoisotopic (exact) mass is 412 g/mol. The van der Waals surface area contributed by atoms with Crippen LogP contribution in [0.1, 0.15) is 43.1 Å². The second kappa shape index (κ2) is 6.17. The van der Waals surface area contributed by atoms with Crippen LogP contribution in [0.4, 0.5) is 4.79 Å². The molecule has 2 aliphatic carbocycles. The highest BCUT2D eigenvalue weighted by Crippen LogP contribution is 2.57. The molecule has 0 atom stereocenters. The molecule has 29 heavy (non-hydrogen) atoms. The molecule has 2 saturated carbocycles. The molecule has 0 unspecified atom stereocenters. The van der Waals surface area contributed by atoms with E-state index in [-0.39, 0.29) is 6.03 Å². The normalized spacial score (nSPS) is 24.7. The smallest absolute Gasteiger partial charge is 0.320 e. The molecular formula is C21H25ClN6O. The van der Waals surface area contributed by atoms with Crippen LogP contribution in [-0.4, -0.2) is 62.2 Å². The summed E-state index contributed by atoms with van der Waals surface area (Å²) in [6.45, 7) is 3.68. The highest BCUT2D eigenvalue weighted by atomic mass is 35.5. The summed E-state index contributed by atoms with van der Waals surface area (Å²) in [5.41, 5.74) is 1.84. The van der Waals surface area contributed by atoms with Crippen molar-refractivity contribution < 1.29 is 4.79 Å². The molecule has 8 heteroatoms. The third kappa shape index (κ3) is 2.93. The van der Waals surface area contributed by atoms with Crippen molar-refractivity contribution in [2.45, 2.75) is 38.0 Å². The predicted molar refractivity (Wildman–Crippen MR) is 107 cm³/mol. The van der Waals surface area contributed by atoms with Gasteiger partial charge in [-0.2, -0.15) is 5.10 Å². The first kappa shape index (κ1) is 17.7. The van der Waals surface area contributed by atoms with Gasteiger partial charge in [0.15, 0.2) is 0 Å². The van der Waals surface area contributed by atoms with Gasteiger partial charge in [-0.25, -0.2) is 9.78 Å². The number of carbonyl (C=O) groups is 1. The van der Waals surface area contributed by atoms with E-state index in [0.29, 0.717) is 27.7 Å². The van der Waals surface area contributed by atoms with Crippen LogP contribution in [0.25, 0.3) is 0 Å². The highest BCUT2D eigenvalue weighted by Gasteiger charge is 2.58. The standard InChI is InChI=1S/C21H25ClN6O/c22-16-1-2-17(23-8-16)3-14-4-20(5-14)9-27(10-20)19(29)28-11-21(12-28)6-15(7-21)18-24-13-25-26-18/h1-2,8,13-15H,3-7,9-12H2,(H,24,25,26). The summed E-state index contributed by atoms with van der Waals surface area (Å²) in [7, 11) is 0. The molecule has 0 radical (unpaired) electrons. The van der Waals surface area contributed by atoms with Gasteiger partial charge >= 0.3 is 6.03 Å². The minimum atomic E-state index is 0.243. The summed E-state index contributed by atoms with van der Waals surface area (Å²) in [6.07, 6.45) is 8.99. The number of H-pyrrole nitrogens is 1. The van der Waals surface area contributed by atoms with Crippen molar-refractivity contribution >= 4 is 17.6 Å². The summed E-state index contributed by atoms with van der Waals surface area (Å²) in [4.78, 5) is 25.6. The van der Waals surface area contributed by atoms with Crippen LogP contribution in [-0.2, 0) is 6.42 Å². The first-order valence-electron chi connectivity index (χ1n) is 10.5. The Hall–Kier alpha value is -2.15. The van der Waals surface area contributed by atoms with Crippen molar-refractivity contribution in [1.82, 2.24) is 30.0 Å². The second-order valence-electron chi connectivity index (χ2n) is 9.92. The quantitative estimate of drug-likeness (QED) is 0.840. The van der Waals surface area contributed by atoms with Gasteiger partial charge in [0.1, 0.15) is 12.2 Å². The van der Waals surface area contributed by atoms with Crippen LogP contribution in [0, 0.1) is 16.7 Å². The predicted octanol–water partition coefficient (Wildman–Crippen LogP) is 3.11. The molecule has 2 spiro atoms. The van der Waals surface area contributed by atoms with E-state index >= 15 is 0 Å². The Labute approximate surface area is 174 Å². The van der Waals surface area contributed by atoms with Crippen molar-refractivity contribution in [3.8, 4) is 0 Å². The summed E-state index contributed by atoms with van der Waals surface area (Å²) < 4.78 is 0. The SMILES string of the molecule is O=C(N1CC2(CC(Cc3ccc(Cl)cn3)C2)C1)N1CC2(CC(c3ncn[nH]3)C2)C1. The number of carbonyl (C=O) groups excluding carboxylic acids is 1. The molecule has 0 aromatic carbocycles. The van der Waals surface area contributed by atoms with Gasteiger partial charge < -0.3 is 9.80 Å². The highest BCUT2D eigenvalue weighted by molar-refractivity contribution is 6.30. The molecule has 6 rings (SSSR count). The third-order valence-corrected chi connectivity index (χ3v) is 7.78. The first-order chi connectivity index (χ1) is 14.0. The van der Waals surface area contributed by atoms with Gasteiger partial charge in [-0.3, -0.25) is 10.1 Å². The van der Waals surface area contributed by atoms with E-state index in [4.69, 9.17) is 11.6 Å². The molecule has 1 N–H and O–H groups in total. The Morgan fingerprint density at radius 1 is 1.07 bits per heavy atom. The van der Waals surface area contributed by atoms with Crippen molar-refractivity contribution in [3.05, 3.63) is 41.2 Å². The molecule has 2 aliphatic heterocycles. The van der Waals surface area contributed by atoms with E-state index in [1.54, 1.807) is 12.5 Å². The lowest BCUT2D eigenvalue weighted by Gasteiger charge is -2.63. The van der Waals surface area contributed by atoms with Gasteiger partial charge in [-0.05, 0) is 50.2 Å². The second-order valence-corrected chi connectivity index (χ2v) is 10.4. The van der Waals surface area contributed by atoms with Crippen LogP contribution in [0.2, 0.25) is 5.02 Å². The van der Waals surface area contributed by atoms with Crippen LogP contribution in [0.15, 0.2) is 24.7 Å². The van der Waals surface area contributed by atoms with Crippen LogP contribution in [0.5, 0.6) is 0 Å². The Morgan fingerprint density at radius 3 is 2.34 bits per heavy atom. The van der Waals surface area contributed by atoms with Crippen molar-refractivity contribution in [2.24, 2.45) is 16.7 Å². The lowest BCUT2D eigenvalue weighted by atomic mass is 9.56. The fourth-order valence-corrected chi connectivity index (χ4v) is 6.35. The maximum Gasteiger partial charge on any atom is 0.320 e. The van der Waals surface area contributed by atoms with Gasteiger partial charge in [-0.1, -0.05) is 11.6 Å². The van der Waals surface area contributed by atoms with E-state index in [0.717, 1.165) is 57.0 Å². The summed E-state index contributed by atoms with van der Waals surface area (Å²) in [6, 6.07) is 4.18. The first-order valence-corrected chi connectivity index (χ1v) is 10.9. The number of hydrogen-bond donors (Lipinski definition) is 1. The number of aromatic nitrogens is 4. The number of rotatable bonds is 3. The number of urea groups is 1. The molecule has 4 heterocycles. The van der Waals surface area contributed by atoms with Crippen LogP contribution in [0.3, 0.4) is 0 Å². The molecule has 152 valence electrons. The lowest BCUT2D eigenvalue weighted by Crippen LogP contribution is -2.70. The summed E-state index contributed by atoms with van der Waals surface area (Å²) in [5.74, 6) is 2.18.